The molecule has 3 rings (SSSR count). The molecule has 4 N–H and O–H groups in total. The maximum absolute atomic E-state index is 13.2. The molecule has 8 nitrogen and oxygen atoms in total. The fourth-order valence-corrected chi connectivity index (χ4v) is 2.17. The van der Waals surface area contributed by atoms with Crippen LogP contribution < -0.4 is 5.73 Å². The molecule has 2 aromatic heterocycles. The summed E-state index contributed by atoms with van der Waals surface area (Å²) in [6.45, 7) is -0.296. The van der Waals surface area contributed by atoms with Crippen molar-refractivity contribution in [1.82, 2.24) is 19.5 Å². The van der Waals surface area contributed by atoms with Crippen molar-refractivity contribution >= 4 is 17.0 Å². The molecule has 1 unspecified atom stereocenters. The van der Waals surface area contributed by atoms with Crippen molar-refractivity contribution in [3.8, 4) is 0 Å². The third-order valence-corrected chi connectivity index (χ3v) is 3.12. The molecule has 0 bridgehead atoms. The third-order valence-electron chi connectivity index (χ3n) is 3.12. The van der Waals surface area contributed by atoms with Gasteiger partial charge in [0.25, 0.3) is 0 Å². The summed E-state index contributed by atoms with van der Waals surface area (Å²) in [5.74, 6) is -0.0569. The minimum absolute atomic E-state index is 0.0569. The average molecular weight is 269 g/mol. The first-order valence-electron chi connectivity index (χ1n) is 5.70. The number of anilines is 1. The lowest BCUT2D eigenvalue weighted by molar-refractivity contribution is -0.0432. The number of aliphatic hydroxyl groups excluding tert-OH is 2. The van der Waals surface area contributed by atoms with E-state index >= 15 is 0 Å². The molecular formula is C10H12FN5O3. The van der Waals surface area contributed by atoms with Gasteiger partial charge in [0.15, 0.2) is 17.0 Å². The Bertz CT molecular complexity index is 618. The van der Waals surface area contributed by atoms with Gasteiger partial charge in [0.2, 0.25) is 0 Å². The predicted molar refractivity (Wildman–Crippen MR) is 61.3 cm³/mol. The minimum atomic E-state index is -0.955. The zero-order valence-corrected chi connectivity index (χ0v) is 9.77. The molecular weight excluding hydrogens is 257 g/mol. The van der Waals surface area contributed by atoms with Crippen molar-refractivity contribution < 1.29 is 19.3 Å². The van der Waals surface area contributed by atoms with E-state index in [1.165, 1.54) is 10.9 Å². The summed E-state index contributed by atoms with van der Waals surface area (Å²) >= 11 is 0. The molecule has 1 aliphatic heterocycles. The number of halogens is 1. The van der Waals surface area contributed by atoms with Gasteiger partial charge in [-0.05, 0) is 0 Å². The summed E-state index contributed by atoms with van der Waals surface area (Å²) in [5.41, 5.74) is 6.02. The van der Waals surface area contributed by atoms with Gasteiger partial charge in [-0.15, -0.1) is 0 Å². The van der Waals surface area contributed by atoms with Gasteiger partial charge in [0.1, 0.15) is 12.3 Å². The molecule has 19 heavy (non-hydrogen) atoms. The van der Waals surface area contributed by atoms with E-state index in [9.17, 15) is 9.50 Å². The van der Waals surface area contributed by atoms with Crippen LogP contribution in [0.1, 0.15) is 12.6 Å². The van der Waals surface area contributed by atoms with Crippen LogP contribution in [0.25, 0.3) is 11.2 Å². The summed E-state index contributed by atoms with van der Waals surface area (Å²) in [4.78, 5) is 11.0. The minimum Gasteiger partial charge on any atom is -0.394 e. The SMILES string of the molecule is Nc1nc(F)nc2c1ncn2[C@H]1C[C@H](O)C(CO)O1. The molecule has 0 radical (unpaired) electrons. The van der Waals surface area contributed by atoms with E-state index in [1.54, 1.807) is 0 Å². The van der Waals surface area contributed by atoms with E-state index in [0.717, 1.165) is 0 Å². The molecule has 0 amide bonds. The summed E-state index contributed by atoms with van der Waals surface area (Å²) in [6.07, 6.45) is -1.35. The normalized spacial score (nSPS) is 27.2. The molecule has 1 fully saturated rings. The standard InChI is InChI=1S/C10H12FN5O3/c11-10-14-8(12)7-9(15-10)16(3-13-7)6-1-4(18)5(2-17)19-6/h3-6,17-18H,1-2H2,(H2,12,14,15)/t4-,5?,6+/m0/s1. The highest BCUT2D eigenvalue weighted by Crippen LogP contribution is 2.31. The summed E-state index contributed by atoms with van der Waals surface area (Å²) in [6, 6.07) is 0. The van der Waals surface area contributed by atoms with E-state index in [0.29, 0.717) is 0 Å². The fraction of sp³-hybridized carbons (Fsp3) is 0.500. The number of hydrogen-bond acceptors (Lipinski definition) is 7. The second kappa shape index (κ2) is 4.37. The molecule has 2 aromatic rings. The quantitative estimate of drug-likeness (QED) is 0.610. The van der Waals surface area contributed by atoms with E-state index in [2.05, 4.69) is 15.0 Å². The van der Waals surface area contributed by atoms with Crippen LogP contribution in [0, 0.1) is 6.08 Å². The van der Waals surface area contributed by atoms with Crippen molar-refractivity contribution in [3.05, 3.63) is 12.4 Å². The number of nitrogen functional groups attached to an aromatic ring is 1. The molecule has 9 heteroatoms. The van der Waals surface area contributed by atoms with E-state index in [1.807, 2.05) is 0 Å². The molecule has 0 saturated carbocycles. The van der Waals surface area contributed by atoms with Crippen LogP contribution >= 0.6 is 0 Å². The number of hydrogen-bond donors (Lipinski definition) is 3. The van der Waals surface area contributed by atoms with Crippen LogP contribution in [0.5, 0.6) is 0 Å². The van der Waals surface area contributed by atoms with Crippen LogP contribution in [0.4, 0.5) is 10.2 Å². The Morgan fingerprint density at radius 1 is 1.53 bits per heavy atom. The monoisotopic (exact) mass is 269 g/mol. The van der Waals surface area contributed by atoms with Crippen LogP contribution in [0.2, 0.25) is 0 Å². The van der Waals surface area contributed by atoms with Crippen molar-refractivity contribution in [2.75, 3.05) is 12.3 Å². The molecule has 3 atom stereocenters. The average Bonchev–Trinajstić information content (AvgIpc) is 2.92. The second-order valence-electron chi connectivity index (χ2n) is 4.32. The zero-order chi connectivity index (χ0) is 13.6. The largest absolute Gasteiger partial charge is 0.394 e. The number of ether oxygens (including phenoxy) is 1. The molecule has 1 saturated heterocycles. The van der Waals surface area contributed by atoms with Gasteiger partial charge >= 0.3 is 6.08 Å². The number of aromatic nitrogens is 4. The number of imidazole rings is 1. The third kappa shape index (κ3) is 1.91. The number of aliphatic hydroxyl groups is 2. The first-order valence-corrected chi connectivity index (χ1v) is 5.70. The molecule has 1 aliphatic rings. The molecule has 102 valence electrons. The molecule has 3 heterocycles. The lowest BCUT2D eigenvalue weighted by Crippen LogP contribution is -2.24. The first kappa shape index (κ1) is 12.2. The van der Waals surface area contributed by atoms with Crippen molar-refractivity contribution in [2.24, 2.45) is 0 Å². The van der Waals surface area contributed by atoms with Crippen LogP contribution in [-0.2, 0) is 4.74 Å². The molecule has 0 aromatic carbocycles. The van der Waals surface area contributed by atoms with Crippen LogP contribution in [0.3, 0.4) is 0 Å². The Balaban J connectivity index is 2.02. The summed E-state index contributed by atoms with van der Waals surface area (Å²) < 4.78 is 20.1. The van der Waals surface area contributed by atoms with Gasteiger partial charge in [-0.3, -0.25) is 4.57 Å². The molecule has 0 spiro atoms. The smallest absolute Gasteiger partial charge is 0.312 e. The van der Waals surface area contributed by atoms with Crippen molar-refractivity contribution in [3.63, 3.8) is 0 Å². The Labute approximate surface area is 106 Å². The van der Waals surface area contributed by atoms with Gasteiger partial charge in [0, 0.05) is 6.42 Å². The fourth-order valence-electron chi connectivity index (χ4n) is 2.17. The maximum atomic E-state index is 13.2. The van der Waals surface area contributed by atoms with Gasteiger partial charge in [0.05, 0.1) is 19.0 Å². The Morgan fingerprint density at radius 2 is 2.32 bits per heavy atom. The highest BCUT2D eigenvalue weighted by atomic mass is 19.1. The number of rotatable bonds is 2. The lowest BCUT2D eigenvalue weighted by atomic mass is 10.2. The van der Waals surface area contributed by atoms with Crippen molar-refractivity contribution in [2.45, 2.75) is 24.9 Å². The Morgan fingerprint density at radius 3 is 3.00 bits per heavy atom. The van der Waals surface area contributed by atoms with Gasteiger partial charge in [-0.25, -0.2) is 4.98 Å². The highest BCUT2D eigenvalue weighted by Gasteiger charge is 2.35. The zero-order valence-electron chi connectivity index (χ0n) is 9.77. The van der Waals surface area contributed by atoms with Crippen molar-refractivity contribution in [1.29, 1.82) is 0 Å². The number of nitrogens with zero attached hydrogens (tertiary/aromatic N) is 4. The van der Waals surface area contributed by atoms with Gasteiger partial charge < -0.3 is 20.7 Å². The Hall–Kier alpha value is -1.84. The first-order chi connectivity index (χ1) is 9.10. The van der Waals surface area contributed by atoms with E-state index < -0.39 is 24.5 Å². The second-order valence-corrected chi connectivity index (χ2v) is 4.32. The van der Waals surface area contributed by atoms with Gasteiger partial charge in [-0.2, -0.15) is 14.4 Å². The molecule has 0 aliphatic carbocycles. The Kier molecular flexibility index (Phi) is 2.81. The van der Waals surface area contributed by atoms with Gasteiger partial charge in [-0.1, -0.05) is 0 Å². The summed E-state index contributed by atoms with van der Waals surface area (Å²) in [5, 5.41) is 18.7. The predicted octanol–water partition coefficient (Wildman–Crippen LogP) is -0.812. The van der Waals surface area contributed by atoms with E-state index in [-0.39, 0.29) is 30.0 Å². The van der Waals surface area contributed by atoms with E-state index in [4.69, 9.17) is 15.6 Å². The topological polar surface area (TPSA) is 119 Å². The van der Waals surface area contributed by atoms with Crippen LogP contribution in [-0.4, -0.2) is 48.5 Å². The lowest BCUT2D eigenvalue weighted by Gasteiger charge is -2.13. The highest BCUT2D eigenvalue weighted by molar-refractivity contribution is 5.81. The maximum Gasteiger partial charge on any atom is 0.312 e. The number of fused-ring (bicyclic) bond motifs is 1. The number of nitrogens with two attached hydrogens (primary N) is 1. The summed E-state index contributed by atoms with van der Waals surface area (Å²) in [7, 11) is 0. The van der Waals surface area contributed by atoms with Crippen LogP contribution in [0.15, 0.2) is 6.33 Å².